The Hall–Kier alpha value is -1.95. The van der Waals surface area contributed by atoms with E-state index in [1.165, 1.54) is 12.1 Å². The molecule has 0 saturated heterocycles. The fourth-order valence-electron chi connectivity index (χ4n) is 2.66. The first-order valence-corrected chi connectivity index (χ1v) is 11.3. The van der Waals surface area contributed by atoms with Gasteiger partial charge in [-0.05, 0) is 59.1 Å². The van der Waals surface area contributed by atoms with Gasteiger partial charge in [-0.3, -0.25) is 10.2 Å². The Kier molecular flexibility index (Phi) is 5.06. The SMILES string of the molecule is Cc1cc(C)c(OCC(=O)NN2S(=O)(=O)c3ccccc3S2(=O)=O)c(Br)c1. The summed E-state index contributed by atoms with van der Waals surface area (Å²) in [5.41, 5.74) is 3.66. The minimum Gasteiger partial charge on any atom is -0.482 e. The third kappa shape index (κ3) is 3.47. The van der Waals surface area contributed by atoms with E-state index < -0.39 is 32.6 Å². The summed E-state index contributed by atoms with van der Waals surface area (Å²) in [5.74, 6) is -0.520. The summed E-state index contributed by atoms with van der Waals surface area (Å²) < 4.78 is 55.8. The van der Waals surface area contributed by atoms with Crippen molar-refractivity contribution in [2.45, 2.75) is 23.6 Å². The maximum absolute atomic E-state index is 12.4. The van der Waals surface area contributed by atoms with Gasteiger partial charge in [0.05, 0.1) is 4.47 Å². The second kappa shape index (κ2) is 6.89. The highest BCUT2D eigenvalue weighted by atomic mass is 79.9. The third-order valence-electron chi connectivity index (χ3n) is 3.78. The number of aryl methyl sites for hydroxylation is 2. The lowest BCUT2D eigenvalue weighted by Gasteiger charge is -2.16. The molecule has 2 aromatic carbocycles. The molecule has 1 amide bonds. The van der Waals surface area contributed by atoms with E-state index in [0.29, 0.717) is 10.2 Å². The van der Waals surface area contributed by atoms with Gasteiger partial charge in [0, 0.05) is 3.82 Å². The summed E-state index contributed by atoms with van der Waals surface area (Å²) in [7, 11) is -8.81. The Balaban J connectivity index is 1.80. The van der Waals surface area contributed by atoms with Gasteiger partial charge in [0.2, 0.25) is 0 Å². The lowest BCUT2D eigenvalue weighted by molar-refractivity contribution is -0.124. The van der Waals surface area contributed by atoms with Crippen molar-refractivity contribution in [3.8, 4) is 5.75 Å². The molecule has 0 unspecified atom stereocenters. The zero-order chi connectivity index (χ0) is 20.0. The monoisotopic (exact) mass is 474 g/mol. The number of rotatable bonds is 4. The fraction of sp³-hybridized carbons (Fsp3) is 0.188. The molecule has 0 aliphatic carbocycles. The largest absolute Gasteiger partial charge is 0.482 e. The van der Waals surface area contributed by atoms with Gasteiger partial charge in [-0.15, -0.1) is 0 Å². The molecule has 8 nitrogen and oxygen atoms in total. The predicted octanol–water partition coefficient (Wildman–Crippen LogP) is 1.87. The number of hydrogen-bond acceptors (Lipinski definition) is 6. The van der Waals surface area contributed by atoms with E-state index in [-0.39, 0.29) is 13.6 Å². The Morgan fingerprint density at radius 2 is 1.63 bits per heavy atom. The van der Waals surface area contributed by atoms with Crippen LogP contribution in [0.2, 0.25) is 0 Å². The number of nitrogens with zero attached hydrogens (tertiary/aromatic N) is 1. The molecule has 1 aliphatic rings. The van der Waals surface area contributed by atoms with Gasteiger partial charge in [0.25, 0.3) is 26.0 Å². The van der Waals surface area contributed by atoms with Crippen LogP contribution in [0.4, 0.5) is 0 Å². The second-order valence-corrected chi connectivity index (χ2v) is 10.5. The molecular formula is C16H15BrN2O6S2. The maximum Gasteiger partial charge on any atom is 0.275 e. The minimum absolute atomic E-state index is 0.0204. The van der Waals surface area contributed by atoms with Gasteiger partial charge in [0.15, 0.2) is 6.61 Å². The Morgan fingerprint density at radius 3 is 2.15 bits per heavy atom. The number of carbonyl (C=O) groups is 1. The number of sulfonamides is 2. The van der Waals surface area contributed by atoms with Crippen LogP contribution < -0.4 is 10.2 Å². The summed E-state index contributed by atoms with van der Waals surface area (Å²) in [4.78, 5) is 11.4. The average Bonchev–Trinajstić information content (AvgIpc) is 2.72. The van der Waals surface area contributed by atoms with E-state index in [0.717, 1.165) is 23.3 Å². The topological polar surface area (TPSA) is 110 Å². The van der Waals surface area contributed by atoms with Crippen LogP contribution in [-0.4, -0.2) is 33.2 Å². The number of amides is 1. The molecule has 0 saturated carbocycles. The van der Waals surface area contributed by atoms with E-state index >= 15 is 0 Å². The molecule has 0 spiro atoms. The smallest absolute Gasteiger partial charge is 0.275 e. The summed E-state index contributed by atoms with van der Waals surface area (Å²) in [5, 5.41) is 0. The number of nitrogens with one attached hydrogen (secondary N) is 1. The van der Waals surface area contributed by atoms with E-state index in [9.17, 15) is 21.6 Å². The van der Waals surface area contributed by atoms with Gasteiger partial charge in [-0.2, -0.15) is 0 Å². The van der Waals surface area contributed by atoms with Crippen LogP contribution in [0.5, 0.6) is 5.75 Å². The molecule has 11 heteroatoms. The van der Waals surface area contributed by atoms with Crippen molar-refractivity contribution in [3.63, 3.8) is 0 Å². The zero-order valence-corrected chi connectivity index (χ0v) is 17.5. The molecule has 144 valence electrons. The third-order valence-corrected chi connectivity index (χ3v) is 8.55. The Bertz CT molecular complexity index is 1070. The van der Waals surface area contributed by atoms with E-state index in [2.05, 4.69) is 15.9 Å². The lowest BCUT2D eigenvalue weighted by atomic mass is 10.1. The second-order valence-electron chi connectivity index (χ2n) is 5.87. The Morgan fingerprint density at radius 1 is 1.07 bits per heavy atom. The van der Waals surface area contributed by atoms with E-state index in [1.54, 1.807) is 13.0 Å². The number of halogens is 1. The molecule has 0 radical (unpaired) electrons. The minimum atomic E-state index is -4.41. The van der Waals surface area contributed by atoms with Gasteiger partial charge in [0.1, 0.15) is 15.5 Å². The highest BCUT2D eigenvalue weighted by molar-refractivity contribution is 9.10. The quantitative estimate of drug-likeness (QED) is 0.723. The van der Waals surface area contributed by atoms with Crippen LogP contribution >= 0.6 is 15.9 Å². The number of ether oxygens (including phenoxy) is 1. The van der Waals surface area contributed by atoms with Crippen LogP contribution in [0.25, 0.3) is 0 Å². The first-order chi connectivity index (χ1) is 12.5. The molecule has 0 aromatic heterocycles. The van der Waals surface area contributed by atoms with Crippen molar-refractivity contribution in [1.82, 2.24) is 9.25 Å². The van der Waals surface area contributed by atoms with Gasteiger partial charge >= 0.3 is 0 Å². The predicted molar refractivity (Wildman–Crippen MR) is 99.9 cm³/mol. The highest BCUT2D eigenvalue weighted by Crippen LogP contribution is 2.35. The van der Waals surface area contributed by atoms with Crippen LogP contribution in [0.1, 0.15) is 11.1 Å². The van der Waals surface area contributed by atoms with Crippen LogP contribution in [0.15, 0.2) is 50.7 Å². The summed E-state index contributed by atoms with van der Waals surface area (Å²) in [6.07, 6.45) is 0. The molecular weight excluding hydrogens is 460 g/mol. The molecule has 3 rings (SSSR count). The zero-order valence-electron chi connectivity index (χ0n) is 14.3. The van der Waals surface area contributed by atoms with Crippen LogP contribution in [0, 0.1) is 13.8 Å². The maximum atomic E-state index is 12.4. The molecule has 1 heterocycles. The normalized spacial score (nSPS) is 17.3. The summed E-state index contributed by atoms with van der Waals surface area (Å²) in [6.45, 7) is 3.12. The van der Waals surface area contributed by atoms with Crippen LogP contribution in [-0.2, 0) is 24.8 Å². The van der Waals surface area contributed by atoms with Crippen molar-refractivity contribution in [2.24, 2.45) is 0 Å². The summed E-state index contributed by atoms with van der Waals surface area (Å²) in [6, 6.07) is 8.78. The van der Waals surface area contributed by atoms with Crippen molar-refractivity contribution in [1.29, 1.82) is 0 Å². The lowest BCUT2D eigenvalue weighted by Crippen LogP contribution is -2.47. The van der Waals surface area contributed by atoms with Gasteiger partial charge in [-0.25, -0.2) is 16.8 Å². The molecule has 0 bridgehead atoms. The summed E-state index contributed by atoms with van der Waals surface area (Å²) >= 11 is 3.33. The molecule has 1 aliphatic heterocycles. The molecule has 0 fully saturated rings. The van der Waals surface area contributed by atoms with E-state index in [4.69, 9.17) is 4.74 Å². The Labute approximate surface area is 165 Å². The molecule has 1 N–H and O–H groups in total. The molecule has 2 aromatic rings. The number of hydrazine groups is 1. The van der Waals surface area contributed by atoms with Crippen molar-refractivity contribution in [2.75, 3.05) is 6.61 Å². The van der Waals surface area contributed by atoms with Crippen molar-refractivity contribution in [3.05, 3.63) is 52.0 Å². The van der Waals surface area contributed by atoms with Crippen LogP contribution in [0.3, 0.4) is 0 Å². The first-order valence-electron chi connectivity index (χ1n) is 7.64. The highest BCUT2D eigenvalue weighted by Gasteiger charge is 2.48. The fourth-order valence-corrected chi connectivity index (χ4v) is 7.54. The van der Waals surface area contributed by atoms with Crippen molar-refractivity contribution >= 4 is 41.9 Å². The molecule has 0 atom stereocenters. The van der Waals surface area contributed by atoms with Gasteiger partial charge < -0.3 is 4.74 Å². The number of carbonyl (C=O) groups excluding carboxylic acids is 1. The standard InChI is InChI=1S/C16H15BrN2O6S2/c1-10-7-11(2)16(12(17)8-10)25-9-15(20)18-19-26(21,22)13-5-3-4-6-14(13)27(19,23)24/h3-8H,9H2,1-2H3,(H,18,20). The van der Waals surface area contributed by atoms with Gasteiger partial charge in [-0.1, -0.05) is 18.2 Å². The average molecular weight is 475 g/mol. The number of benzene rings is 2. The van der Waals surface area contributed by atoms with E-state index in [1.807, 2.05) is 18.4 Å². The van der Waals surface area contributed by atoms with Crippen molar-refractivity contribution < 1.29 is 26.4 Å². The number of fused-ring (bicyclic) bond motifs is 1. The number of hydrogen-bond donors (Lipinski definition) is 1. The molecule has 27 heavy (non-hydrogen) atoms. The first kappa shape index (κ1) is 19.8.